The highest BCUT2D eigenvalue weighted by Crippen LogP contribution is 2.36. The summed E-state index contributed by atoms with van der Waals surface area (Å²) in [6, 6.07) is 24.6. The Balaban J connectivity index is 1.66. The lowest BCUT2D eigenvalue weighted by molar-refractivity contribution is 0.616. The van der Waals surface area contributed by atoms with E-state index < -0.39 is 0 Å². The minimum atomic E-state index is 0.860. The molecular formula is C24H15N3O. The van der Waals surface area contributed by atoms with Crippen molar-refractivity contribution in [3.05, 3.63) is 91.5 Å². The van der Waals surface area contributed by atoms with Crippen molar-refractivity contribution >= 4 is 32.8 Å². The van der Waals surface area contributed by atoms with Gasteiger partial charge in [-0.25, -0.2) is 0 Å². The van der Waals surface area contributed by atoms with E-state index >= 15 is 0 Å². The van der Waals surface area contributed by atoms with Crippen LogP contribution >= 0.6 is 0 Å². The predicted octanol–water partition coefficient (Wildman–Crippen LogP) is 5.99. The first-order valence-corrected chi connectivity index (χ1v) is 9.17. The van der Waals surface area contributed by atoms with Gasteiger partial charge in [0, 0.05) is 22.4 Å². The zero-order valence-corrected chi connectivity index (χ0v) is 14.9. The predicted molar refractivity (Wildman–Crippen MR) is 112 cm³/mol. The van der Waals surface area contributed by atoms with Crippen LogP contribution in [0, 0.1) is 0 Å². The fourth-order valence-electron chi connectivity index (χ4n) is 3.96. The summed E-state index contributed by atoms with van der Waals surface area (Å²) in [6.45, 7) is 0. The van der Waals surface area contributed by atoms with Crippen molar-refractivity contribution < 1.29 is 4.42 Å². The fourth-order valence-corrected chi connectivity index (χ4v) is 3.96. The molecule has 4 heteroatoms. The Morgan fingerprint density at radius 1 is 0.679 bits per heavy atom. The number of hydrogen-bond acceptors (Lipinski definition) is 3. The maximum absolute atomic E-state index is 5.65. The van der Waals surface area contributed by atoms with Crippen LogP contribution < -0.4 is 0 Å². The standard InChI is InChI=1S/C24H15N3O/c1-2-7-22-17(5-1)18-9-11-23-19(12-14-28-23)24(18)27(22)16-8-10-21(26-15-16)20-6-3-4-13-25-20/h1-15H. The van der Waals surface area contributed by atoms with Crippen LogP contribution in [0.3, 0.4) is 0 Å². The molecular weight excluding hydrogens is 346 g/mol. The molecule has 0 atom stereocenters. The van der Waals surface area contributed by atoms with E-state index in [1.54, 1.807) is 12.5 Å². The van der Waals surface area contributed by atoms with Crippen molar-refractivity contribution in [1.29, 1.82) is 0 Å². The van der Waals surface area contributed by atoms with E-state index in [1.165, 1.54) is 10.8 Å². The maximum atomic E-state index is 5.65. The van der Waals surface area contributed by atoms with Gasteiger partial charge in [0.2, 0.25) is 0 Å². The normalized spacial score (nSPS) is 11.6. The summed E-state index contributed by atoms with van der Waals surface area (Å²) >= 11 is 0. The third-order valence-electron chi connectivity index (χ3n) is 5.20. The van der Waals surface area contributed by atoms with Crippen molar-refractivity contribution in [3.8, 4) is 17.1 Å². The van der Waals surface area contributed by atoms with E-state index in [0.717, 1.165) is 39.1 Å². The molecule has 0 spiro atoms. The highest BCUT2D eigenvalue weighted by molar-refractivity contribution is 6.17. The molecule has 0 radical (unpaired) electrons. The minimum absolute atomic E-state index is 0.860. The van der Waals surface area contributed by atoms with Crippen LogP contribution in [0.5, 0.6) is 0 Å². The number of aromatic nitrogens is 3. The number of para-hydroxylation sites is 1. The Hall–Kier alpha value is -3.92. The second kappa shape index (κ2) is 5.79. The molecule has 0 unspecified atom stereocenters. The van der Waals surface area contributed by atoms with E-state index in [1.807, 2.05) is 42.6 Å². The van der Waals surface area contributed by atoms with E-state index in [0.29, 0.717) is 0 Å². The molecule has 0 bridgehead atoms. The third-order valence-corrected chi connectivity index (χ3v) is 5.20. The van der Waals surface area contributed by atoms with Gasteiger partial charge in [0.15, 0.2) is 0 Å². The Morgan fingerprint density at radius 3 is 2.43 bits per heavy atom. The minimum Gasteiger partial charge on any atom is -0.464 e. The number of hydrogen-bond donors (Lipinski definition) is 0. The summed E-state index contributed by atoms with van der Waals surface area (Å²) in [5, 5.41) is 3.52. The molecule has 0 N–H and O–H groups in total. The molecule has 0 aliphatic heterocycles. The Kier molecular flexibility index (Phi) is 3.14. The lowest BCUT2D eigenvalue weighted by atomic mass is 10.1. The van der Waals surface area contributed by atoms with Crippen molar-refractivity contribution in [2.24, 2.45) is 0 Å². The monoisotopic (exact) mass is 361 g/mol. The van der Waals surface area contributed by atoms with Crippen LogP contribution in [-0.4, -0.2) is 14.5 Å². The van der Waals surface area contributed by atoms with E-state index in [-0.39, 0.29) is 0 Å². The molecule has 132 valence electrons. The van der Waals surface area contributed by atoms with Gasteiger partial charge in [-0.1, -0.05) is 24.3 Å². The van der Waals surface area contributed by atoms with Gasteiger partial charge in [-0.3, -0.25) is 9.97 Å². The van der Waals surface area contributed by atoms with Crippen molar-refractivity contribution in [2.75, 3.05) is 0 Å². The lowest BCUT2D eigenvalue weighted by Crippen LogP contribution is -1.96. The summed E-state index contributed by atoms with van der Waals surface area (Å²) in [4.78, 5) is 9.07. The lowest BCUT2D eigenvalue weighted by Gasteiger charge is -2.09. The summed E-state index contributed by atoms with van der Waals surface area (Å²) in [5.74, 6) is 0. The number of pyridine rings is 2. The first kappa shape index (κ1) is 15.2. The van der Waals surface area contributed by atoms with Gasteiger partial charge < -0.3 is 8.98 Å². The summed E-state index contributed by atoms with van der Waals surface area (Å²) in [6.07, 6.45) is 5.44. The van der Waals surface area contributed by atoms with Crippen LogP contribution in [0.1, 0.15) is 0 Å². The fraction of sp³-hybridized carbons (Fsp3) is 0. The second-order valence-electron chi connectivity index (χ2n) is 6.76. The van der Waals surface area contributed by atoms with Gasteiger partial charge in [-0.2, -0.15) is 0 Å². The first-order chi connectivity index (χ1) is 13.9. The molecule has 0 amide bonds. The first-order valence-electron chi connectivity index (χ1n) is 9.17. The number of rotatable bonds is 2. The highest BCUT2D eigenvalue weighted by atomic mass is 16.3. The topological polar surface area (TPSA) is 43.9 Å². The largest absolute Gasteiger partial charge is 0.464 e. The maximum Gasteiger partial charge on any atom is 0.136 e. The SMILES string of the molecule is c1ccc(-c2ccc(-n3c4ccccc4c4ccc5occc5c43)cn2)nc1. The number of furan rings is 1. The van der Waals surface area contributed by atoms with Gasteiger partial charge in [0.25, 0.3) is 0 Å². The van der Waals surface area contributed by atoms with Crippen molar-refractivity contribution in [1.82, 2.24) is 14.5 Å². The molecule has 4 nitrogen and oxygen atoms in total. The summed E-state index contributed by atoms with van der Waals surface area (Å²) in [7, 11) is 0. The van der Waals surface area contributed by atoms with Gasteiger partial charge in [0.1, 0.15) is 5.58 Å². The molecule has 0 saturated carbocycles. The molecule has 4 heterocycles. The third kappa shape index (κ3) is 2.12. The average molecular weight is 361 g/mol. The molecule has 0 fully saturated rings. The molecule has 4 aromatic heterocycles. The van der Waals surface area contributed by atoms with Gasteiger partial charge in [-0.15, -0.1) is 0 Å². The Morgan fingerprint density at radius 2 is 1.57 bits per heavy atom. The van der Waals surface area contributed by atoms with E-state index in [4.69, 9.17) is 4.42 Å². The average Bonchev–Trinajstić information content (AvgIpc) is 3.37. The van der Waals surface area contributed by atoms with Crippen molar-refractivity contribution in [3.63, 3.8) is 0 Å². The van der Waals surface area contributed by atoms with Crippen LogP contribution in [0.2, 0.25) is 0 Å². The van der Waals surface area contributed by atoms with Crippen LogP contribution in [0.25, 0.3) is 49.9 Å². The molecule has 28 heavy (non-hydrogen) atoms. The van der Waals surface area contributed by atoms with Crippen LogP contribution in [0.15, 0.2) is 95.9 Å². The van der Waals surface area contributed by atoms with Gasteiger partial charge in [-0.05, 0) is 48.5 Å². The summed E-state index contributed by atoms with van der Waals surface area (Å²) < 4.78 is 7.91. The molecule has 0 aliphatic rings. The van der Waals surface area contributed by atoms with Gasteiger partial charge >= 0.3 is 0 Å². The van der Waals surface area contributed by atoms with Gasteiger partial charge in [0.05, 0.1) is 40.6 Å². The molecule has 6 rings (SSSR count). The Labute approximate surface area is 160 Å². The zero-order valence-electron chi connectivity index (χ0n) is 14.9. The highest BCUT2D eigenvalue weighted by Gasteiger charge is 2.16. The molecule has 0 saturated heterocycles. The number of nitrogens with zero attached hydrogens (tertiary/aromatic N) is 3. The Bertz CT molecular complexity index is 1440. The quantitative estimate of drug-likeness (QED) is 0.381. The van der Waals surface area contributed by atoms with Crippen molar-refractivity contribution in [2.45, 2.75) is 0 Å². The van der Waals surface area contributed by atoms with E-state index in [2.05, 4.69) is 50.9 Å². The number of benzene rings is 2. The molecule has 6 aromatic rings. The molecule has 2 aromatic carbocycles. The number of fused-ring (bicyclic) bond motifs is 5. The van der Waals surface area contributed by atoms with E-state index in [9.17, 15) is 0 Å². The zero-order chi connectivity index (χ0) is 18.5. The van der Waals surface area contributed by atoms with Crippen LogP contribution in [0.4, 0.5) is 0 Å². The van der Waals surface area contributed by atoms with Crippen LogP contribution in [-0.2, 0) is 0 Å². The molecule has 0 aliphatic carbocycles. The second-order valence-corrected chi connectivity index (χ2v) is 6.76. The summed E-state index contributed by atoms with van der Waals surface area (Å²) in [5.41, 5.74) is 5.92. The smallest absolute Gasteiger partial charge is 0.136 e.